The lowest BCUT2D eigenvalue weighted by atomic mass is 9.45. The summed E-state index contributed by atoms with van der Waals surface area (Å²) in [6.45, 7) is 10.8. The molecular weight excluding hydrogens is 230 g/mol. The fraction of sp³-hybridized carbons (Fsp3) is 1.00. The van der Waals surface area contributed by atoms with Gasteiger partial charge in [0, 0.05) is 6.04 Å². The van der Waals surface area contributed by atoms with Crippen LogP contribution in [0.5, 0.6) is 0 Å². The molecule has 0 aromatic carbocycles. The Bertz CT molecular complexity index is 284. The molecule has 0 amide bonds. The van der Waals surface area contributed by atoms with Crippen molar-refractivity contribution < 1.29 is 0 Å². The van der Waals surface area contributed by atoms with Gasteiger partial charge in [-0.05, 0) is 80.1 Å². The summed E-state index contributed by atoms with van der Waals surface area (Å²) < 4.78 is 0. The van der Waals surface area contributed by atoms with E-state index in [1.807, 2.05) is 0 Å². The van der Waals surface area contributed by atoms with Crippen molar-refractivity contribution in [3.8, 4) is 0 Å². The van der Waals surface area contributed by atoms with Gasteiger partial charge in [0.1, 0.15) is 0 Å². The molecule has 2 atom stereocenters. The van der Waals surface area contributed by atoms with Crippen molar-refractivity contribution in [2.75, 3.05) is 6.54 Å². The third-order valence-corrected chi connectivity index (χ3v) is 6.75. The summed E-state index contributed by atoms with van der Waals surface area (Å²) in [4.78, 5) is 0. The van der Waals surface area contributed by atoms with E-state index in [-0.39, 0.29) is 0 Å². The van der Waals surface area contributed by atoms with Gasteiger partial charge in [-0.15, -0.1) is 0 Å². The van der Waals surface area contributed by atoms with E-state index in [0.29, 0.717) is 5.41 Å². The first-order valence-electron chi connectivity index (χ1n) is 8.77. The molecule has 1 nitrogen and oxygen atoms in total. The summed E-state index contributed by atoms with van der Waals surface area (Å²) in [6, 6.07) is 0.723. The Hall–Kier alpha value is -0.0400. The molecular formula is C18H33N. The molecule has 1 N–H and O–H groups in total. The summed E-state index contributed by atoms with van der Waals surface area (Å²) in [6.07, 6.45) is 9.36. The smallest absolute Gasteiger partial charge is 0.0121 e. The van der Waals surface area contributed by atoms with Crippen molar-refractivity contribution in [2.45, 2.75) is 72.3 Å². The highest BCUT2D eigenvalue weighted by atomic mass is 14.9. The molecule has 0 radical (unpaired) electrons. The van der Waals surface area contributed by atoms with E-state index in [9.17, 15) is 0 Å². The molecule has 1 heteroatoms. The Labute approximate surface area is 119 Å². The highest BCUT2D eigenvalue weighted by Crippen LogP contribution is 2.63. The van der Waals surface area contributed by atoms with E-state index in [0.717, 1.165) is 42.2 Å². The minimum absolute atomic E-state index is 0.700. The van der Waals surface area contributed by atoms with Gasteiger partial charge >= 0.3 is 0 Å². The van der Waals surface area contributed by atoms with Crippen molar-refractivity contribution >= 4 is 0 Å². The Morgan fingerprint density at radius 2 is 1.42 bits per heavy atom. The standard InChI is InChI=1S/C18H33N/c1-5-19-17(12(2)3)13(4)18-9-14-6-15(10-18)8-16(7-14)11-18/h12-17,19H,5-11H2,1-4H3. The third kappa shape index (κ3) is 2.37. The van der Waals surface area contributed by atoms with E-state index >= 15 is 0 Å². The van der Waals surface area contributed by atoms with Gasteiger partial charge in [0.15, 0.2) is 0 Å². The summed E-state index contributed by atoms with van der Waals surface area (Å²) >= 11 is 0. The van der Waals surface area contributed by atoms with E-state index in [2.05, 4.69) is 33.0 Å². The first kappa shape index (κ1) is 13.9. The first-order chi connectivity index (χ1) is 9.04. The van der Waals surface area contributed by atoms with Crippen molar-refractivity contribution in [1.82, 2.24) is 5.32 Å². The van der Waals surface area contributed by atoms with Crippen LogP contribution in [0, 0.1) is 35.0 Å². The zero-order chi connectivity index (χ0) is 13.6. The Morgan fingerprint density at radius 1 is 0.947 bits per heavy atom. The maximum atomic E-state index is 3.81. The Morgan fingerprint density at radius 3 is 1.79 bits per heavy atom. The van der Waals surface area contributed by atoms with Gasteiger partial charge in [0.2, 0.25) is 0 Å². The first-order valence-corrected chi connectivity index (χ1v) is 8.77. The number of hydrogen-bond acceptors (Lipinski definition) is 1. The largest absolute Gasteiger partial charge is 0.314 e. The molecule has 4 saturated carbocycles. The fourth-order valence-corrected chi connectivity index (χ4v) is 6.34. The van der Waals surface area contributed by atoms with Gasteiger partial charge in [-0.2, -0.15) is 0 Å². The maximum absolute atomic E-state index is 3.81. The van der Waals surface area contributed by atoms with Crippen molar-refractivity contribution in [2.24, 2.45) is 35.0 Å². The summed E-state index contributed by atoms with van der Waals surface area (Å²) in [5.41, 5.74) is 0.700. The monoisotopic (exact) mass is 263 g/mol. The molecule has 4 aliphatic carbocycles. The second-order valence-electron chi connectivity index (χ2n) is 8.40. The molecule has 110 valence electrons. The normalized spacial score (nSPS) is 43.7. The average Bonchev–Trinajstić information content (AvgIpc) is 2.33. The number of rotatable bonds is 5. The van der Waals surface area contributed by atoms with E-state index in [1.54, 1.807) is 38.5 Å². The molecule has 0 aliphatic heterocycles. The van der Waals surface area contributed by atoms with E-state index < -0.39 is 0 Å². The van der Waals surface area contributed by atoms with Gasteiger partial charge in [0.25, 0.3) is 0 Å². The van der Waals surface area contributed by atoms with Gasteiger partial charge in [0.05, 0.1) is 0 Å². The van der Waals surface area contributed by atoms with Gasteiger partial charge in [-0.3, -0.25) is 0 Å². The second kappa shape index (κ2) is 5.06. The molecule has 4 aliphatic rings. The molecule has 2 unspecified atom stereocenters. The highest BCUT2D eigenvalue weighted by Gasteiger charge is 2.54. The van der Waals surface area contributed by atoms with Crippen LogP contribution in [0.25, 0.3) is 0 Å². The summed E-state index contributed by atoms with van der Waals surface area (Å²) in [5.74, 6) is 4.89. The van der Waals surface area contributed by atoms with E-state index in [4.69, 9.17) is 0 Å². The molecule has 19 heavy (non-hydrogen) atoms. The third-order valence-electron chi connectivity index (χ3n) is 6.75. The number of nitrogens with one attached hydrogen (secondary N) is 1. The minimum Gasteiger partial charge on any atom is -0.314 e. The Kier molecular flexibility index (Phi) is 3.71. The summed E-state index contributed by atoms with van der Waals surface area (Å²) in [7, 11) is 0. The number of hydrogen-bond donors (Lipinski definition) is 1. The van der Waals surface area contributed by atoms with Crippen LogP contribution in [-0.4, -0.2) is 12.6 Å². The van der Waals surface area contributed by atoms with Crippen LogP contribution < -0.4 is 5.32 Å². The highest BCUT2D eigenvalue weighted by molar-refractivity contribution is 5.05. The predicted molar refractivity (Wildman–Crippen MR) is 82.1 cm³/mol. The van der Waals surface area contributed by atoms with Crippen LogP contribution in [0.1, 0.15) is 66.2 Å². The van der Waals surface area contributed by atoms with Crippen molar-refractivity contribution in [3.63, 3.8) is 0 Å². The van der Waals surface area contributed by atoms with Gasteiger partial charge in [-0.1, -0.05) is 27.7 Å². The minimum atomic E-state index is 0.700. The molecule has 0 heterocycles. The molecule has 4 bridgehead atoms. The van der Waals surface area contributed by atoms with Gasteiger partial charge in [-0.25, -0.2) is 0 Å². The molecule has 0 aromatic heterocycles. The topological polar surface area (TPSA) is 12.0 Å². The molecule has 0 aromatic rings. The SMILES string of the molecule is CCNC(C(C)C)C(C)C12CC3CC(CC(C3)C1)C2. The Balaban J connectivity index is 1.79. The molecule has 0 saturated heterocycles. The second-order valence-corrected chi connectivity index (χ2v) is 8.40. The lowest BCUT2D eigenvalue weighted by molar-refractivity contribution is -0.0941. The van der Waals surface area contributed by atoms with Crippen LogP contribution >= 0.6 is 0 Å². The lowest BCUT2D eigenvalue weighted by Crippen LogP contribution is -2.54. The van der Waals surface area contributed by atoms with Crippen molar-refractivity contribution in [3.05, 3.63) is 0 Å². The van der Waals surface area contributed by atoms with Crippen LogP contribution in [0.15, 0.2) is 0 Å². The summed E-state index contributed by atoms with van der Waals surface area (Å²) in [5, 5.41) is 3.81. The quantitative estimate of drug-likeness (QED) is 0.771. The van der Waals surface area contributed by atoms with Crippen molar-refractivity contribution in [1.29, 1.82) is 0 Å². The predicted octanol–water partition coefficient (Wildman–Crippen LogP) is 4.47. The van der Waals surface area contributed by atoms with Crippen LogP contribution in [-0.2, 0) is 0 Å². The zero-order valence-electron chi connectivity index (χ0n) is 13.4. The average molecular weight is 263 g/mol. The lowest BCUT2D eigenvalue weighted by Gasteiger charge is -2.60. The van der Waals surface area contributed by atoms with Gasteiger partial charge < -0.3 is 5.32 Å². The van der Waals surface area contributed by atoms with Crippen LogP contribution in [0.4, 0.5) is 0 Å². The van der Waals surface area contributed by atoms with Crippen LogP contribution in [0.3, 0.4) is 0 Å². The molecule has 4 fully saturated rings. The maximum Gasteiger partial charge on any atom is 0.0121 e. The zero-order valence-corrected chi connectivity index (χ0v) is 13.4. The van der Waals surface area contributed by atoms with E-state index in [1.165, 1.54) is 0 Å². The fourth-order valence-electron chi connectivity index (χ4n) is 6.34. The van der Waals surface area contributed by atoms with Crippen LogP contribution in [0.2, 0.25) is 0 Å². The molecule has 4 rings (SSSR count). The molecule has 0 spiro atoms.